The van der Waals surface area contributed by atoms with Crippen molar-refractivity contribution in [1.29, 1.82) is 0 Å². The second-order valence-corrected chi connectivity index (χ2v) is 7.56. The van der Waals surface area contributed by atoms with E-state index in [0.717, 1.165) is 17.0 Å². The van der Waals surface area contributed by atoms with Gasteiger partial charge in [0, 0.05) is 38.2 Å². The van der Waals surface area contributed by atoms with Gasteiger partial charge in [0.25, 0.3) is 0 Å². The monoisotopic (exact) mass is 335 g/mol. The minimum atomic E-state index is -3.45. The van der Waals surface area contributed by atoms with Gasteiger partial charge in [0.15, 0.2) is 0 Å². The fourth-order valence-corrected chi connectivity index (χ4v) is 4.77. The molecule has 1 rings (SSSR count). The van der Waals surface area contributed by atoms with Crippen LogP contribution in [0.25, 0.3) is 0 Å². The molecule has 0 unspecified atom stereocenters. The zero-order valence-electron chi connectivity index (χ0n) is 13.1. The number of ether oxygens (including phenoxy) is 1. The average molecular weight is 335 g/mol. The van der Waals surface area contributed by atoms with Gasteiger partial charge in [0.05, 0.1) is 6.61 Å². The maximum Gasteiger partial charge on any atom is 0.242 e. The summed E-state index contributed by atoms with van der Waals surface area (Å²) >= 11 is 1.47. The van der Waals surface area contributed by atoms with E-state index in [-0.39, 0.29) is 0 Å². The van der Waals surface area contributed by atoms with Crippen molar-refractivity contribution in [3.05, 3.63) is 15.8 Å². The van der Waals surface area contributed by atoms with Crippen LogP contribution in [0.1, 0.15) is 10.4 Å². The summed E-state index contributed by atoms with van der Waals surface area (Å²) in [5.74, 6) is 0. The highest BCUT2D eigenvalue weighted by molar-refractivity contribution is 7.89. The van der Waals surface area contributed by atoms with Crippen LogP contribution in [0.2, 0.25) is 0 Å². The molecule has 2 N–H and O–H groups in total. The van der Waals surface area contributed by atoms with Crippen LogP contribution in [0.15, 0.2) is 10.3 Å². The largest absolute Gasteiger partial charge is 0.383 e. The van der Waals surface area contributed by atoms with Gasteiger partial charge in [-0.1, -0.05) is 0 Å². The molecule has 6 nitrogen and oxygen atoms in total. The summed E-state index contributed by atoms with van der Waals surface area (Å²) in [4.78, 5) is 3.29. The Morgan fingerprint density at radius 1 is 1.38 bits per heavy atom. The molecule has 1 aromatic heterocycles. The van der Waals surface area contributed by atoms with E-state index in [1.807, 2.05) is 31.3 Å². The summed E-state index contributed by atoms with van der Waals surface area (Å²) < 4.78 is 32.5. The molecule has 0 aliphatic carbocycles. The van der Waals surface area contributed by atoms with Gasteiger partial charge in [-0.2, -0.15) is 0 Å². The van der Waals surface area contributed by atoms with Crippen molar-refractivity contribution in [3.8, 4) is 0 Å². The maximum absolute atomic E-state index is 12.4. The highest BCUT2D eigenvalue weighted by Gasteiger charge is 2.22. The van der Waals surface area contributed by atoms with Crippen LogP contribution in [-0.2, 0) is 21.3 Å². The molecule has 1 aromatic rings. The zero-order valence-corrected chi connectivity index (χ0v) is 14.7. The summed E-state index contributed by atoms with van der Waals surface area (Å²) in [5, 5.41) is 4.88. The molecular formula is C13H25N3O3S2. The Morgan fingerprint density at radius 3 is 2.71 bits per heavy atom. The molecule has 0 spiro atoms. The first-order chi connectivity index (χ1) is 9.92. The molecule has 0 bridgehead atoms. The van der Waals surface area contributed by atoms with Gasteiger partial charge < -0.3 is 15.0 Å². The van der Waals surface area contributed by atoms with Crippen molar-refractivity contribution in [3.63, 3.8) is 0 Å². The number of hydrogen-bond donors (Lipinski definition) is 2. The Labute approximate surface area is 131 Å². The second kappa shape index (κ2) is 8.82. The van der Waals surface area contributed by atoms with E-state index in [4.69, 9.17) is 4.74 Å². The average Bonchev–Trinajstić information content (AvgIpc) is 2.78. The summed E-state index contributed by atoms with van der Waals surface area (Å²) in [6.45, 7) is 4.83. The fourth-order valence-electron chi connectivity index (χ4n) is 1.93. The Bertz CT molecular complexity index is 529. The van der Waals surface area contributed by atoms with Crippen molar-refractivity contribution >= 4 is 21.4 Å². The Morgan fingerprint density at radius 2 is 2.10 bits per heavy atom. The molecule has 0 fully saturated rings. The van der Waals surface area contributed by atoms with E-state index in [0.29, 0.717) is 31.1 Å². The zero-order chi connectivity index (χ0) is 15.9. The van der Waals surface area contributed by atoms with Crippen LogP contribution in [-0.4, -0.2) is 60.8 Å². The lowest BCUT2D eigenvalue weighted by Gasteiger charge is -2.16. The molecule has 122 valence electrons. The lowest BCUT2D eigenvalue weighted by Crippen LogP contribution is -2.34. The molecule has 1 heterocycles. The predicted molar refractivity (Wildman–Crippen MR) is 86.4 cm³/mol. The van der Waals surface area contributed by atoms with E-state index in [2.05, 4.69) is 10.0 Å². The smallest absolute Gasteiger partial charge is 0.242 e. The third-order valence-electron chi connectivity index (χ3n) is 3.06. The first-order valence-electron chi connectivity index (χ1n) is 6.81. The van der Waals surface area contributed by atoms with Crippen LogP contribution in [0.5, 0.6) is 0 Å². The van der Waals surface area contributed by atoms with Crippen molar-refractivity contribution < 1.29 is 13.2 Å². The highest BCUT2D eigenvalue weighted by atomic mass is 32.2. The normalized spacial score (nSPS) is 12.2. The van der Waals surface area contributed by atoms with Gasteiger partial charge in [-0.3, -0.25) is 0 Å². The van der Waals surface area contributed by atoms with Gasteiger partial charge >= 0.3 is 0 Å². The molecule has 0 atom stereocenters. The van der Waals surface area contributed by atoms with Crippen LogP contribution in [0.3, 0.4) is 0 Å². The van der Waals surface area contributed by atoms with Gasteiger partial charge in [0.2, 0.25) is 10.0 Å². The van der Waals surface area contributed by atoms with Crippen molar-refractivity contribution in [2.24, 2.45) is 0 Å². The van der Waals surface area contributed by atoms with Gasteiger partial charge in [-0.15, -0.1) is 11.3 Å². The Hall–Kier alpha value is -0.510. The molecule has 0 saturated carbocycles. The standard InChI is InChI=1S/C13H25N3O3S2/c1-11-10-20-12(9-14-2)13(11)21(17,18)15-5-6-16(3)7-8-19-4/h10,14-15H,5-9H2,1-4H3. The number of nitrogens with one attached hydrogen (secondary N) is 2. The minimum absolute atomic E-state index is 0.386. The molecule has 8 heteroatoms. The molecule has 0 aromatic carbocycles. The highest BCUT2D eigenvalue weighted by Crippen LogP contribution is 2.26. The van der Waals surface area contributed by atoms with Crippen LogP contribution in [0, 0.1) is 6.92 Å². The van der Waals surface area contributed by atoms with Crippen molar-refractivity contribution in [1.82, 2.24) is 14.9 Å². The fraction of sp³-hybridized carbons (Fsp3) is 0.692. The van der Waals surface area contributed by atoms with E-state index < -0.39 is 10.0 Å². The van der Waals surface area contributed by atoms with Crippen molar-refractivity contribution in [2.45, 2.75) is 18.4 Å². The Balaban J connectivity index is 2.63. The van der Waals surface area contributed by atoms with Gasteiger partial charge in [-0.05, 0) is 32.0 Å². The van der Waals surface area contributed by atoms with Gasteiger partial charge in [0.1, 0.15) is 4.90 Å². The van der Waals surface area contributed by atoms with E-state index >= 15 is 0 Å². The molecule has 21 heavy (non-hydrogen) atoms. The molecule has 0 amide bonds. The summed E-state index contributed by atoms with van der Waals surface area (Å²) in [6.07, 6.45) is 0. The van der Waals surface area contributed by atoms with Crippen LogP contribution >= 0.6 is 11.3 Å². The summed E-state index contributed by atoms with van der Waals surface area (Å²) in [7, 11) is 1.95. The quantitative estimate of drug-likeness (QED) is 0.656. The number of methoxy groups -OCH3 is 1. The topological polar surface area (TPSA) is 70.7 Å². The van der Waals surface area contributed by atoms with E-state index in [9.17, 15) is 8.42 Å². The number of nitrogens with zero attached hydrogens (tertiary/aromatic N) is 1. The maximum atomic E-state index is 12.4. The number of hydrogen-bond acceptors (Lipinski definition) is 6. The number of aryl methyl sites for hydroxylation is 1. The van der Waals surface area contributed by atoms with E-state index in [1.165, 1.54) is 11.3 Å². The minimum Gasteiger partial charge on any atom is -0.383 e. The van der Waals surface area contributed by atoms with Crippen LogP contribution in [0.4, 0.5) is 0 Å². The number of likely N-dealkylation sites (N-methyl/N-ethyl adjacent to an activating group) is 1. The number of thiophene rings is 1. The SMILES string of the molecule is CNCc1scc(C)c1S(=O)(=O)NCCN(C)CCOC. The summed E-state index contributed by atoms with van der Waals surface area (Å²) in [5.41, 5.74) is 0.797. The number of sulfonamides is 1. The van der Waals surface area contributed by atoms with E-state index in [1.54, 1.807) is 7.11 Å². The molecule has 0 radical (unpaired) electrons. The lowest BCUT2D eigenvalue weighted by atomic mass is 10.3. The first kappa shape index (κ1) is 18.5. The third kappa shape index (κ3) is 5.65. The van der Waals surface area contributed by atoms with Gasteiger partial charge in [-0.25, -0.2) is 13.1 Å². The molecule has 0 saturated heterocycles. The summed E-state index contributed by atoms with van der Waals surface area (Å²) in [6, 6.07) is 0. The lowest BCUT2D eigenvalue weighted by molar-refractivity contribution is 0.162. The van der Waals surface area contributed by atoms with Crippen molar-refractivity contribution in [2.75, 3.05) is 47.4 Å². The third-order valence-corrected chi connectivity index (χ3v) is 5.98. The predicted octanol–water partition coefficient (Wildman–Crippen LogP) is 0.632. The number of rotatable bonds is 10. The molecule has 0 aliphatic rings. The molecular weight excluding hydrogens is 310 g/mol. The second-order valence-electron chi connectivity index (χ2n) is 4.90. The first-order valence-corrected chi connectivity index (χ1v) is 9.17. The Kier molecular flexibility index (Phi) is 7.78. The van der Waals surface area contributed by atoms with Crippen LogP contribution < -0.4 is 10.0 Å². The molecule has 0 aliphatic heterocycles.